The van der Waals surface area contributed by atoms with Crippen molar-refractivity contribution in [3.8, 4) is 17.6 Å². The van der Waals surface area contributed by atoms with E-state index >= 15 is 0 Å². The maximum Gasteiger partial charge on any atom is 0.145 e. The molecule has 0 unspecified atom stereocenters. The highest BCUT2D eigenvalue weighted by atomic mass is 16.5. The van der Waals surface area contributed by atoms with Crippen LogP contribution in [0.3, 0.4) is 0 Å². The lowest BCUT2D eigenvalue weighted by Crippen LogP contribution is -2.11. The summed E-state index contributed by atoms with van der Waals surface area (Å²) in [5.74, 6) is 1.35. The largest absolute Gasteiger partial charge is 0.456 e. The Hall–Kier alpha value is -2.31. The van der Waals surface area contributed by atoms with Gasteiger partial charge in [-0.25, -0.2) is 0 Å². The van der Waals surface area contributed by atoms with Gasteiger partial charge in [0.2, 0.25) is 0 Å². The first-order valence-electron chi connectivity index (χ1n) is 6.71. The first kappa shape index (κ1) is 14.1. The predicted molar refractivity (Wildman–Crippen MR) is 79.8 cm³/mol. The van der Waals surface area contributed by atoms with E-state index in [2.05, 4.69) is 18.3 Å². The minimum atomic E-state index is 0.557. The lowest BCUT2D eigenvalue weighted by Gasteiger charge is -2.10. The van der Waals surface area contributed by atoms with Crippen molar-refractivity contribution >= 4 is 0 Å². The van der Waals surface area contributed by atoms with Gasteiger partial charge in [-0.05, 0) is 48.9 Å². The first-order valence-corrected chi connectivity index (χ1v) is 6.71. The molecule has 2 rings (SSSR count). The Morgan fingerprint density at radius 3 is 2.75 bits per heavy atom. The van der Waals surface area contributed by atoms with Crippen molar-refractivity contribution in [1.82, 2.24) is 5.32 Å². The van der Waals surface area contributed by atoms with Crippen LogP contribution >= 0.6 is 0 Å². The Bertz CT molecular complexity index is 629. The zero-order valence-electron chi connectivity index (χ0n) is 11.8. The number of nitrogens with one attached hydrogen (secondary N) is 1. The lowest BCUT2D eigenvalue weighted by atomic mass is 10.1. The van der Waals surface area contributed by atoms with Crippen LogP contribution in [0, 0.1) is 18.3 Å². The van der Waals surface area contributed by atoms with Crippen molar-refractivity contribution in [2.24, 2.45) is 0 Å². The lowest BCUT2D eigenvalue weighted by molar-refractivity contribution is 0.480. The van der Waals surface area contributed by atoms with Gasteiger partial charge in [-0.15, -0.1) is 0 Å². The summed E-state index contributed by atoms with van der Waals surface area (Å²) in [5.41, 5.74) is 2.77. The van der Waals surface area contributed by atoms with E-state index in [0.29, 0.717) is 11.3 Å². The molecule has 0 aromatic heterocycles. The second-order valence-electron chi connectivity index (χ2n) is 4.64. The van der Waals surface area contributed by atoms with Crippen LogP contribution in [-0.4, -0.2) is 6.54 Å². The molecule has 3 nitrogen and oxygen atoms in total. The van der Waals surface area contributed by atoms with Crippen LogP contribution in [-0.2, 0) is 6.54 Å². The molecule has 0 spiro atoms. The molecule has 2 aromatic rings. The Balaban J connectivity index is 2.22. The van der Waals surface area contributed by atoms with E-state index in [1.165, 1.54) is 0 Å². The van der Waals surface area contributed by atoms with E-state index in [0.717, 1.165) is 30.0 Å². The zero-order chi connectivity index (χ0) is 14.4. The number of nitrogens with zero attached hydrogens (tertiary/aromatic N) is 1. The molecule has 0 fully saturated rings. The summed E-state index contributed by atoms with van der Waals surface area (Å²) in [6, 6.07) is 15.7. The Morgan fingerprint density at radius 1 is 1.20 bits per heavy atom. The molecular formula is C17H18N2O. The first-order chi connectivity index (χ1) is 9.72. The van der Waals surface area contributed by atoms with Crippen LogP contribution in [0.2, 0.25) is 0 Å². The van der Waals surface area contributed by atoms with Crippen LogP contribution in [0.5, 0.6) is 11.5 Å². The highest BCUT2D eigenvalue weighted by molar-refractivity contribution is 5.47. The third-order valence-electron chi connectivity index (χ3n) is 2.96. The summed E-state index contributed by atoms with van der Waals surface area (Å²) >= 11 is 0. The van der Waals surface area contributed by atoms with E-state index < -0.39 is 0 Å². The fraction of sp³-hybridized carbons (Fsp3) is 0.235. The second-order valence-corrected chi connectivity index (χ2v) is 4.64. The molecule has 0 heterocycles. The normalized spacial score (nSPS) is 10.1. The van der Waals surface area contributed by atoms with Gasteiger partial charge in [0.25, 0.3) is 0 Å². The third-order valence-corrected chi connectivity index (χ3v) is 2.96. The molecule has 0 bridgehead atoms. The number of hydrogen-bond donors (Lipinski definition) is 1. The van der Waals surface area contributed by atoms with Gasteiger partial charge < -0.3 is 10.1 Å². The number of ether oxygens (including phenoxy) is 1. The molecule has 102 valence electrons. The Kier molecular flexibility index (Phi) is 4.75. The molecule has 1 N–H and O–H groups in total. The summed E-state index contributed by atoms with van der Waals surface area (Å²) in [5, 5.41) is 12.5. The smallest absolute Gasteiger partial charge is 0.145 e. The highest BCUT2D eigenvalue weighted by Crippen LogP contribution is 2.26. The average Bonchev–Trinajstić information content (AvgIpc) is 2.46. The standard InChI is InChI=1S/C17H18N2O/c1-3-19-12-14-7-8-17(15(10-14)11-18)20-16-6-4-5-13(2)9-16/h4-10,19H,3,12H2,1-2H3. The van der Waals surface area contributed by atoms with Crippen LogP contribution in [0.15, 0.2) is 42.5 Å². The third kappa shape index (κ3) is 3.59. The SMILES string of the molecule is CCNCc1ccc(Oc2cccc(C)c2)c(C#N)c1. The number of benzene rings is 2. The van der Waals surface area contributed by atoms with E-state index in [1.807, 2.05) is 49.4 Å². The number of rotatable bonds is 5. The summed E-state index contributed by atoms with van der Waals surface area (Å²) < 4.78 is 5.80. The minimum absolute atomic E-state index is 0.557. The van der Waals surface area contributed by atoms with Gasteiger partial charge in [-0.2, -0.15) is 5.26 Å². The topological polar surface area (TPSA) is 45.0 Å². The van der Waals surface area contributed by atoms with Gasteiger partial charge in [-0.1, -0.05) is 25.1 Å². The van der Waals surface area contributed by atoms with Gasteiger partial charge >= 0.3 is 0 Å². The van der Waals surface area contributed by atoms with Gasteiger partial charge in [0.05, 0.1) is 5.56 Å². The Labute approximate surface area is 119 Å². The van der Waals surface area contributed by atoms with E-state index in [1.54, 1.807) is 0 Å². The van der Waals surface area contributed by atoms with Gasteiger partial charge in [0, 0.05) is 6.54 Å². The van der Waals surface area contributed by atoms with Crippen molar-refractivity contribution in [1.29, 1.82) is 5.26 Å². The summed E-state index contributed by atoms with van der Waals surface area (Å²) in [6.07, 6.45) is 0. The fourth-order valence-electron chi connectivity index (χ4n) is 1.94. The molecule has 0 radical (unpaired) electrons. The molecule has 0 saturated carbocycles. The summed E-state index contributed by atoms with van der Waals surface area (Å²) in [6.45, 7) is 5.73. The summed E-state index contributed by atoms with van der Waals surface area (Å²) in [4.78, 5) is 0. The van der Waals surface area contributed by atoms with Crippen molar-refractivity contribution in [2.45, 2.75) is 20.4 Å². The van der Waals surface area contributed by atoms with E-state index in [9.17, 15) is 5.26 Å². The highest BCUT2D eigenvalue weighted by Gasteiger charge is 2.06. The molecular weight excluding hydrogens is 248 g/mol. The van der Waals surface area contributed by atoms with Crippen molar-refractivity contribution in [2.75, 3.05) is 6.54 Å². The van der Waals surface area contributed by atoms with Crippen LogP contribution in [0.25, 0.3) is 0 Å². The average molecular weight is 266 g/mol. The van der Waals surface area contributed by atoms with Gasteiger partial charge in [-0.3, -0.25) is 0 Å². The molecule has 0 aliphatic rings. The molecule has 2 aromatic carbocycles. The Morgan fingerprint density at radius 2 is 2.05 bits per heavy atom. The molecule has 0 aliphatic heterocycles. The van der Waals surface area contributed by atoms with Crippen LogP contribution in [0.1, 0.15) is 23.6 Å². The maximum atomic E-state index is 9.25. The molecule has 20 heavy (non-hydrogen) atoms. The summed E-state index contributed by atoms with van der Waals surface area (Å²) in [7, 11) is 0. The predicted octanol–water partition coefficient (Wildman–Crippen LogP) is 3.77. The minimum Gasteiger partial charge on any atom is -0.456 e. The van der Waals surface area contributed by atoms with Gasteiger partial charge in [0.1, 0.15) is 17.6 Å². The number of hydrogen-bond acceptors (Lipinski definition) is 3. The zero-order valence-corrected chi connectivity index (χ0v) is 11.8. The van der Waals surface area contributed by atoms with Crippen LogP contribution < -0.4 is 10.1 Å². The van der Waals surface area contributed by atoms with Crippen LogP contribution in [0.4, 0.5) is 0 Å². The molecule has 0 atom stereocenters. The molecule has 0 aliphatic carbocycles. The van der Waals surface area contributed by atoms with Crippen molar-refractivity contribution < 1.29 is 4.74 Å². The van der Waals surface area contributed by atoms with Crippen molar-refractivity contribution in [3.05, 3.63) is 59.2 Å². The number of aryl methyl sites for hydroxylation is 1. The van der Waals surface area contributed by atoms with Gasteiger partial charge in [0.15, 0.2) is 0 Å². The molecule has 0 amide bonds. The quantitative estimate of drug-likeness (QED) is 0.896. The second kappa shape index (κ2) is 6.74. The molecule has 3 heteroatoms. The van der Waals surface area contributed by atoms with E-state index in [-0.39, 0.29) is 0 Å². The fourth-order valence-corrected chi connectivity index (χ4v) is 1.94. The van der Waals surface area contributed by atoms with Crippen molar-refractivity contribution in [3.63, 3.8) is 0 Å². The monoisotopic (exact) mass is 266 g/mol. The van der Waals surface area contributed by atoms with E-state index in [4.69, 9.17) is 4.74 Å². The maximum absolute atomic E-state index is 9.25. The number of nitriles is 1. The molecule has 0 saturated heterocycles.